The van der Waals surface area contributed by atoms with E-state index in [-0.39, 0.29) is 0 Å². The summed E-state index contributed by atoms with van der Waals surface area (Å²) in [6.07, 6.45) is 4.75. The molecule has 0 fully saturated rings. The Balaban J connectivity index is 3.91. The SMILES string of the molecule is C#CC(=O)NC(C)(C)CF. The van der Waals surface area contributed by atoms with Gasteiger partial charge in [-0.1, -0.05) is 0 Å². The molecule has 0 aliphatic heterocycles. The molecule has 0 aromatic heterocycles. The molecule has 0 spiro atoms. The third-order valence-corrected chi connectivity index (χ3v) is 0.917. The monoisotopic (exact) mass is 143 g/mol. The van der Waals surface area contributed by atoms with Crippen LogP contribution < -0.4 is 5.32 Å². The molecule has 0 unspecified atom stereocenters. The van der Waals surface area contributed by atoms with Crippen LogP contribution in [0.3, 0.4) is 0 Å². The van der Waals surface area contributed by atoms with Gasteiger partial charge in [-0.15, -0.1) is 6.42 Å². The fraction of sp³-hybridized carbons (Fsp3) is 0.571. The maximum atomic E-state index is 12.0. The zero-order valence-electron chi connectivity index (χ0n) is 6.07. The summed E-state index contributed by atoms with van der Waals surface area (Å²) in [5.41, 5.74) is -0.844. The number of nitrogens with one attached hydrogen (secondary N) is 1. The van der Waals surface area contributed by atoms with Gasteiger partial charge in [0.1, 0.15) is 6.67 Å². The second kappa shape index (κ2) is 3.21. The summed E-state index contributed by atoms with van der Waals surface area (Å²) in [4.78, 5) is 10.5. The number of terminal acetylenes is 1. The Morgan fingerprint density at radius 2 is 2.30 bits per heavy atom. The minimum absolute atomic E-state index is 0.581. The normalized spacial score (nSPS) is 10.2. The average molecular weight is 143 g/mol. The van der Waals surface area contributed by atoms with Crippen LogP contribution in [0.2, 0.25) is 0 Å². The third-order valence-electron chi connectivity index (χ3n) is 0.917. The van der Waals surface area contributed by atoms with Gasteiger partial charge >= 0.3 is 0 Å². The molecular formula is C7H10FNO. The van der Waals surface area contributed by atoms with E-state index in [9.17, 15) is 9.18 Å². The average Bonchev–Trinajstić information content (AvgIpc) is 1.87. The molecule has 0 atom stereocenters. The smallest absolute Gasteiger partial charge is 0.296 e. The number of rotatable bonds is 2. The highest BCUT2D eigenvalue weighted by Crippen LogP contribution is 2.00. The Hall–Kier alpha value is -1.04. The van der Waals surface area contributed by atoms with E-state index < -0.39 is 18.1 Å². The highest BCUT2D eigenvalue weighted by Gasteiger charge is 2.18. The summed E-state index contributed by atoms with van der Waals surface area (Å²) in [5, 5.41) is 2.31. The number of halogens is 1. The van der Waals surface area contributed by atoms with Crippen LogP contribution in [-0.4, -0.2) is 18.1 Å². The summed E-state index contributed by atoms with van der Waals surface area (Å²) in [6, 6.07) is 0. The predicted octanol–water partition coefficient (Wildman–Crippen LogP) is 0.484. The lowest BCUT2D eigenvalue weighted by Gasteiger charge is -2.20. The quantitative estimate of drug-likeness (QED) is 0.560. The molecule has 0 radical (unpaired) electrons. The van der Waals surface area contributed by atoms with E-state index in [4.69, 9.17) is 6.42 Å². The van der Waals surface area contributed by atoms with E-state index in [0.717, 1.165) is 0 Å². The van der Waals surface area contributed by atoms with Crippen LogP contribution in [0, 0.1) is 12.3 Å². The van der Waals surface area contributed by atoms with E-state index in [2.05, 4.69) is 5.32 Å². The Morgan fingerprint density at radius 3 is 2.60 bits per heavy atom. The molecule has 56 valence electrons. The van der Waals surface area contributed by atoms with E-state index in [1.165, 1.54) is 0 Å². The maximum Gasteiger partial charge on any atom is 0.296 e. The van der Waals surface area contributed by atoms with Crippen molar-refractivity contribution in [3.63, 3.8) is 0 Å². The zero-order chi connectivity index (χ0) is 8.20. The molecule has 2 nitrogen and oxygen atoms in total. The van der Waals surface area contributed by atoms with Crippen LogP contribution in [0.1, 0.15) is 13.8 Å². The van der Waals surface area contributed by atoms with Gasteiger partial charge in [0.25, 0.3) is 5.91 Å². The lowest BCUT2D eigenvalue weighted by atomic mass is 10.1. The van der Waals surface area contributed by atoms with Gasteiger partial charge < -0.3 is 5.32 Å². The van der Waals surface area contributed by atoms with E-state index in [1.807, 2.05) is 5.92 Å². The summed E-state index contributed by atoms with van der Waals surface area (Å²) in [6.45, 7) is 2.49. The summed E-state index contributed by atoms with van der Waals surface area (Å²) < 4.78 is 12.0. The van der Waals surface area contributed by atoms with Crippen molar-refractivity contribution in [2.45, 2.75) is 19.4 Å². The Bertz CT molecular complexity index is 169. The molecule has 0 heterocycles. The van der Waals surface area contributed by atoms with Crippen molar-refractivity contribution < 1.29 is 9.18 Å². The minimum Gasteiger partial charge on any atom is -0.338 e. The summed E-state index contributed by atoms with van der Waals surface area (Å²) >= 11 is 0. The van der Waals surface area contributed by atoms with Crippen molar-refractivity contribution in [1.82, 2.24) is 5.32 Å². The van der Waals surface area contributed by atoms with Crippen LogP contribution in [-0.2, 0) is 4.79 Å². The molecule has 0 bridgehead atoms. The van der Waals surface area contributed by atoms with E-state index in [1.54, 1.807) is 13.8 Å². The molecule has 0 aromatic carbocycles. The maximum absolute atomic E-state index is 12.0. The standard InChI is InChI=1S/C7H10FNO/c1-4-6(10)9-7(2,3)5-8/h1H,5H2,2-3H3,(H,9,10). The van der Waals surface area contributed by atoms with Crippen molar-refractivity contribution in [2.75, 3.05) is 6.67 Å². The number of carbonyl (C=O) groups is 1. The number of hydrogen-bond donors (Lipinski definition) is 1. The fourth-order valence-electron chi connectivity index (χ4n) is 0.377. The van der Waals surface area contributed by atoms with Gasteiger partial charge in [-0.05, 0) is 19.8 Å². The van der Waals surface area contributed by atoms with Gasteiger partial charge in [0.05, 0.1) is 5.54 Å². The van der Waals surface area contributed by atoms with Gasteiger partial charge in [0, 0.05) is 0 Å². The van der Waals surface area contributed by atoms with Gasteiger partial charge in [-0.2, -0.15) is 0 Å². The molecule has 10 heavy (non-hydrogen) atoms. The molecule has 1 amide bonds. The number of hydrogen-bond acceptors (Lipinski definition) is 1. The topological polar surface area (TPSA) is 29.1 Å². The summed E-state index contributed by atoms with van der Waals surface area (Å²) in [5.74, 6) is 1.26. The van der Waals surface area contributed by atoms with Crippen LogP contribution in [0.25, 0.3) is 0 Å². The number of alkyl halides is 1. The van der Waals surface area contributed by atoms with Gasteiger partial charge in [-0.3, -0.25) is 4.79 Å². The highest BCUT2D eigenvalue weighted by molar-refractivity contribution is 5.93. The molecule has 0 aromatic rings. The molecule has 0 rings (SSSR count). The highest BCUT2D eigenvalue weighted by atomic mass is 19.1. The van der Waals surface area contributed by atoms with Gasteiger partial charge in [0.15, 0.2) is 0 Å². The number of amides is 1. The molecular weight excluding hydrogens is 133 g/mol. The van der Waals surface area contributed by atoms with Crippen LogP contribution >= 0.6 is 0 Å². The summed E-state index contributed by atoms with van der Waals surface area (Å²) in [7, 11) is 0. The Morgan fingerprint density at radius 1 is 1.80 bits per heavy atom. The van der Waals surface area contributed by atoms with Crippen molar-refractivity contribution in [3.8, 4) is 12.3 Å². The first-order chi connectivity index (χ1) is 4.52. The van der Waals surface area contributed by atoms with Crippen molar-refractivity contribution in [1.29, 1.82) is 0 Å². The lowest BCUT2D eigenvalue weighted by Crippen LogP contribution is -2.44. The lowest BCUT2D eigenvalue weighted by molar-refractivity contribution is -0.117. The second-order valence-corrected chi connectivity index (χ2v) is 2.62. The Labute approximate surface area is 59.8 Å². The number of carbonyl (C=O) groups excluding carboxylic acids is 1. The van der Waals surface area contributed by atoms with Crippen molar-refractivity contribution in [2.24, 2.45) is 0 Å². The van der Waals surface area contributed by atoms with E-state index in [0.29, 0.717) is 0 Å². The van der Waals surface area contributed by atoms with Crippen molar-refractivity contribution in [3.05, 3.63) is 0 Å². The molecule has 0 aliphatic carbocycles. The van der Waals surface area contributed by atoms with Crippen molar-refractivity contribution >= 4 is 5.91 Å². The first kappa shape index (κ1) is 8.96. The van der Waals surface area contributed by atoms with Gasteiger partial charge in [0.2, 0.25) is 0 Å². The van der Waals surface area contributed by atoms with Crippen LogP contribution in [0.4, 0.5) is 4.39 Å². The largest absolute Gasteiger partial charge is 0.338 e. The fourth-order valence-corrected chi connectivity index (χ4v) is 0.377. The third kappa shape index (κ3) is 3.08. The first-order valence-corrected chi connectivity index (χ1v) is 2.86. The molecule has 3 heteroatoms. The molecule has 0 saturated carbocycles. The minimum atomic E-state index is -0.844. The predicted molar refractivity (Wildman–Crippen MR) is 37.0 cm³/mol. The molecule has 1 N–H and O–H groups in total. The zero-order valence-corrected chi connectivity index (χ0v) is 6.07. The van der Waals surface area contributed by atoms with Gasteiger partial charge in [-0.25, -0.2) is 4.39 Å². The molecule has 0 aliphatic rings. The van der Waals surface area contributed by atoms with E-state index >= 15 is 0 Å². The second-order valence-electron chi connectivity index (χ2n) is 2.62. The van der Waals surface area contributed by atoms with Crippen LogP contribution in [0.5, 0.6) is 0 Å². The molecule has 0 saturated heterocycles. The Kier molecular flexibility index (Phi) is 2.88. The van der Waals surface area contributed by atoms with Crippen LogP contribution in [0.15, 0.2) is 0 Å². The first-order valence-electron chi connectivity index (χ1n) is 2.86.